The van der Waals surface area contributed by atoms with Crippen LogP contribution in [0, 0.1) is 88.3 Å². The number of nitrogens with zero attached hydrogens (tertiary/aromatic N) is 7. The highest BCUT2D eigenvalue weighted by Gasteiger charge is 2.52. The summed E-state index contributed by atoms with van der Waals surface area (Å²) in [6.45, 7) is 40.2. The molecule has 0 radical (unpaired) electrons. The van der Waals surface area contributed by atoms with Crippen LogP contribution in [0.15, 0.2) is 150 Å². The van der Waals surface area contributed by atoms with E-state index in [1.807, 2.05) is 84.9 Å². The lowest BCUT2D eigenvalue weighted by Crippen LogP contribution is -2.48. The summed E-state index contributed by atoms with van der Waals surface area (Å²) < 4.78 is 17.0. The monoisotopic (exact) mass is 1410 g/mol. The van der Waals surface area contributed by atoms with E-state index < -0.39 is 0 Å². The molecule has 11 fully saturated rings. The quantitative estimate of drug-likeness (QED) is 0.151. The first kappa shape index (κ1) is 82.4. The highest BCUT2D eigenvalue weighted by atomic mass is 16.5. The Kier molecular flexibility index (Phi) is 34.2. The standard InChI is InChI=1S/C13H18N2.C13H22.C10H12N2.2C10H18.C9H13N3.C6H9NO.C6H6.C5H5N.C5H10O.C4H8O/c1-9(2)13-14-11-7-5-6-8-12(11)15(13)10(3)4;1-9(2)13-6-10-3-11(7-13)5-12(4-10)8-13;1-7(2)9-6-8-4-3-5-11-10(8)12-9;1-7(2)10-4-3-8-5-9(10)6-8;1-7(2)10-6-8-3-4-9(10)5-8;1-6(2)8-11-7-4-3-5-10-9(7)12-8;1-5(2)6-3-4-8-7-6;3*1-2-4-6-5-3-1;1-2-4-5-3-1/h5-10H,1-4H3;9-12H,3-8H2,1-2H3;3-5,7H,6H2,1-2H3;2*7-10H,3-6H2,1-2H3;3-6,8,11H,1-2H3,(H,10,12);3-5H,1-2H3;1-6H;1-5H;1-5H2;1-4H2. The normalized spacial score (nSPS) is 25.6. The van der Waals surface area contributed by atoms with Crippen molar-refractivity contribution in [3.05, 3.63) is 157 Å². The van der Waals surface area contributed by atoms with Crippen molar-refractivity contribution in [1.29, 1.82) is 0 Å². The molecule has 5 aromatic heterocycles. The van der Waals surface area contributed by atoms with Gasteiger partial charge in [-0.05, 0) is 260 Å². The van der Waals surface area contributed by atoms with Crippen LogP contribution in [-0.4, -0.2) is 68.0 Å². The zero-order valence-electron chi connectivity index (χ0n) is 67.0. The number of ether oxygens (including phenoxy) is 2. The zero-order valence-corrected chi connectivity index (χ0v) is 67.0. The molecule has 2 saturated heterocycles. The molecular formula is C91H139N9O3. The molecule has 0 spiro atoms. The Bertz CT molecular complexity index is 3240. The van der Waals surface area contributed by atoms with Gasteiger partial charge in [0.1, 0.15) is 18.3 Å². The molecule has 12 heteroatoms. The Morgan fingerprint density at radius 3 is 1.44 bits per heavy atom. The van der Waals surface area contributed by atoms with Crippen LogP contribution in [-0.2, 0) is 15.9 Å². The number of anilines is 2. The van der Waals surface area contributed by atoms with Crippen LogP contribution in [0.1, 0.15) is 268 Å². The topological polar surface area (TPSA) is 137 Å². The number of aromatic nitrogens is 6. The molecule has 9 aliphatic carbocycles. The minimum Gasteiger partial charge on any atom is -0.381 e. The van der Waals surface area contributed by atoms with Gasteiger partial charge in [-0.25, -0.2) is 19.9 Å². The van der Waals surface area contributed by atoms with Crippen molar-refractivity contribution in [2.75, 3.05) is 37.1 Å². The van der Waals surface area contributed by atoms with Crippen LogP contribution >= 0.6 is 0 Å². The van der Waals surface area contributed by atoms with Crippen molar-refractivity contribution in [2.45, 2.75) is 263 Å². The molecule has 103 heavy (non-hydrogen) atoms. The number of benzene rings is 2. The van der Waals surface area contributed by atoms with Crippen molar-refractivity contribution in [3.63, 3.8) is 0 Å². The molecule has 2 N–H and O–H groups in total. The summed E-state index contributed by atoms with van der Waals surface area (Å²) in [5.74, 6) is 18.1. The van der Waals surface area contributed by atoms with Gasteiger partial charge in [0, 0.05) is 86.9 Å². The maximum atomic E-state index is 5.07. The fourth-order valence-corrected chi connectivity index (χ4v) is 18.0. The van der Waals surface area contributed by atoms with Gasteiger partial charge in [-0.3, -0.25) is 4.98 Å². The second-order valence-corrected chi connectivity index (χ2v) is 34.3. The molecule has 12 nitrogen and oxygen atoms in total. The number of hydrogen-bond donors (Lipinski definition) is 2. The predicted molar refractivity (Wildman–Crippen MR) is 433 cm³/mol. The van der Waals surface area contributed by atoms with Crippen molar-refractivity contribution >= 4 is 34.1 Å². The number of fused-ring (bicyclic) bond motifs is 7. The van der Waals surface area contributed by atoms with Crippen molar-refractivity contribution in [2.24, 2.45) is 93.3 Å². The molecular weight excluding hydrogens is 1270 g/mol. The summed E-state index contributed by atoms with van der Waals surface area (Å²) in [5, 5.41) is 10.4. The van der Waals surface area contributed by atoms with Crippen LogP contribution in [0.25, 0.3) is 11.0 Å². The van der Waals surface area contributed by atoms with E-state index in [1.54, 1.807) is 115 Å². The summed E-state index contributed by atoms with van der Waals surface area (Å²) in [6, 6.07) is 36.5. The Morgan fingerprint density at radius 1 is 0.476 bits per heavy atom. The molecule has 7 aromatic rings. The molecule has 5 atom stereocenters. The SMILES string of the molecule is C1CCOC1.C1CCOCC1.CC(C)C12CC3CC(CC(C3)C1)C2.CC(C)C1=Nc2ncccc2C1.CC(C)C1CC2CCC1C2.CC(C)C1CCC2CC1C2.CC(C)C1Nc2cccnc2N1.CC(C)c1ccon1.CC(C)c1nc2ccccc2n1C(C)C.c1ccccc1.c1ccncc1. The Morgan fingerprint density at radius 2 is 1.04 bits per heavy atom. The third kappa shape index (κ3) is 26.1. The van der Waals surface area contributed by atoms with E-state index in [0.29, 0.717) is 35.9 Å². The predicted octanol–water partition coefficient (Wildman–Crippen LogP) is 24.6. The number of pyridine rings is 3. The summed E-state index contributed by atoms with van der Waals surface area (Å²) in [6.07, 6.45) is 38.5. The Hall–Kier alpha value is -6.24. The van der Waals surface area contributed by atoms with Crippen LogP contribution in [0.4, 0.5) is 17.3 Å². The first-order chi connectivity index (χ1) is 49.7. The van der Waals surface area contributed by atoms with Crippen molar-refractivity contribution in [3.8, 4) is 0 Å². The van der Waals surface area contributed by atoms with Crippen LogP contribution < -0.4 is 10.6 Å². The number of nitrogens with one attached hydrogen (secondary N) is 2. The van der Waals surface area contributed by atoms with Crippen molar-refractivity contribution < 1.29 is 14.0 Å². The number of rotatable bonds is 8. The van der Waals surface area contributed by atoms with Crippen molar-refractivity contribution in [1.82, 2.24) is 29.7 Å². The zero-order chi connectivity index (χ0) is 73.7. The minimum atomic E-state index is 0.329. The average molecular weight is 1410 g/mol. The van der Waals surface area contributed by atoms with E-state index in [2.05, 4.69) is 180 Å². The number of aliphatic imine (C=N–C) groups is 1. The number of para-hydroxylation sites is 2. The maximum Gasteiger partial charge on any atom is 0.155 e. The molecule has 13 aliphatic rings. The molecule has 5 unspecified atom stereocenters. The summed E-state index contributed by atoms with van der Waals surface area (Å²) in [4.78, 5) is 21.4. The second kappa shape index (κ2) is 42.8. The molecule has 20 rings (SSSR count). The van der Waals surface area contributed by atoms with Crippen LogP contribution in [0.2, 0.25) is 0 Å². The third-order valence-electron chi connectivity index (χ3n) is 23.7. The number of hydrogen-bond acceptors (Lipinski definition) is 11. The Labute approximate surface area is 625 Å². The van der Waals surface area contributed by atoms with Crippen LogP contribution in [0.5, 0.6) is 0 Å². The van der Waals surface area contributed by atoms with E-state index in [-0.39, 0.29) is 0 Å². The highest BCUT2D eigenvalue weighted by molar-refractivity contribution is 5.94. The highest BCUT2D eigenvalue weighted by Crippen LogP contribution is 2.62. The minimum absolute atomic E-state index is 0.329. The first-order valence-electron chi connectivity index (χ1n) is 41.0. The molecule has 4 aliphatic heterocycles. The molecule has 2 aromatic carbocycles. The van der Waals surface area contributed by atoms with Gasteiger partial charge >= 0.3 is 0 Å². The van der Waals surface area contributed by atoms with Gasteiger partial charge in [0.2, 0.25) is 0 Å². The fourth-order valence-electron chi connectivity index (χ4n) is 18.0. The first-order valence-corrected chi connectivity index (χ1v) is 41.0. The second-order valence-electron chi connectivity index (χ2n) is 34.3. The molecule has 9 heterocycles. The molecule has 8 bridgehead atoms. The molecule has 0 amide bonds. The van der Waals surface area contributed by atoms with Gasteiger partial charge in [0.15, 0.2) is 11.6 Å². The lowest BCUT2D eigenvalue weighted by Gasteiger charge is -2.58. The molecule has 9 saturated carbocycles. The van der Waals surface area contributed by atoms with Gasteiger partial charge in [0.05, 0.1) is 22.4 Å². The summed E-state index contributed by atoms with van der Waals surface area (Å²) in [5.41, 5.74) is 7.80. The van der Waals surface area contributed by atoms with E-state index in [1.165, 1.54) is 61.1 Å². The van der Waals surface area contributed by atoms with Gasteiger partial charge < -0.3 is 29.2 Å². The maximum absolute atomic E-state index is 5.07. The Balaban J connectivity index is 0.000000146. The molecule has 566 valence electrons. The summed E-state index contributed by atoms with van der Waals surface area (Å²) in [7, 11) is 0. The van der Waals surface area contributed by atoms with Crippen LogP contribution in [0.3, 0.4) is 0 Å². The average Bonchev–Trinajstić information content (AvgIpc) is 1.62. The van der Waals surface area contributed by atoms with E-state index >= 15 is 0 Å². The van der Waals surface area contributed by atoms with E-state index in [9.17, 15) is 0 Å². The third-order valence-corrected chi connectivity index (χ3v) is 23.7. The lowest BCUT2D eigenvalue weighted by molar-refractivity contribution is -0.0789. The van der Waals surface area contributed by atoms with Gasteiger partial charge in [0.25, 0.3) is 0 Å². The lowest BCUT2D eigenvalue weighted by atomic mass is 9.47. The van der Waals surface area contributed by atoms with Gasteiger partial charge in [-0.2, -0.15) is 0 Å². The number of imidazole rings is 1. The van der Waals surface area contributed by atoms with Gasteiger partial charge in [-0.1, -0.05) is 176 Å². The fraction of sp³-hybridized carbons (Fsp3) is 0.648. The van der Waals surface area contributed by atoms with E-state index in [4.69, 9.17) is 14.5 Å². The van der Waals surface area contributed by atoms with Gasteiger partial charge in [-0.15, -0.1) is 0 Å². The largest absolute Gasteiger partial charge is 0.381 e. The van der Waals surface area contributed by atoms with E-state index in [0.717, 1.165) is 138 Å². The summed E-state index contributed by atoms with van der Waals surface area (Å²) >= 11 is 0. The smallest absolute Gasteiger partial charge is 0.155 e.